The van der Waals surface area contributed by atoms with Crippen molar-refractivity contribution in [3.63, 3.8) is 0 Å². The number of amides is 2. The summed E-state index contributed by atoms with van der Waals surface area (Å²) in [7, 11) is 1.56. The second-order valence-electron chi connectivity index (χ2n) is 5.93. The Morgan fingerprint density at radius 1 is 1.16 bits per heavy atom. The van der Waals surface area contributed by atoms with E-state index in [-0.39, 0.29) is 16.6 Å². The number of methoxy groups -OCH3 is 1. The van der Waals surface area contributed by atoms with Crippen LogP contribution in [0, 0.1) is 0 Å². The summed E-state index contributed by atoms with van der Waals surface area (Å²) in [5.41, 5.74) is 4.76. The number of thiophene rings is 1. The quantitative estimate of drug-likeness (QED) is 0.309. The number of carbonyl (C=O) groups excluding carboxylic acids is 2. The zero-order valence-electron chi connectivity index (χ0n) is 15.8. The molecule has 0 radical (unpaired) electrons. The van der Waals surface area contributed by atoms with Crippen LogP contribution in [0.1, 0.15) is 9.67 Å². The molecule has 162 valence electrons. The molecule has 0 atom stereocenters. The van der Waals surface area contributed by atoms with Crippen molar-refractivity contribution in [3.05, 3.63) is 55.8 Å². The zero-order chi connectivity index (χ0) is 22.5. The lowest BCUT2D eigenvalue weighted by molar-refractivity contribution is -0.123. The molecule has 0 fully saturated rings. The molecule has 0 saturated carbocycles. The van der Waals surface area contributed by atoms with Gasteiger partial charge in [-0.05, 0) is 48.6 Å². The van der Waals surface area contributed by atoms with E-state index >= 15 is 0 Å². The third-order valence-electron chi connectivity index (χ3n) is 3.84. The molecule has 31 heavy (non-hydrogen) atoms. The first kappa shape index (κ1) is 23.6. The van der Waals surface area contributed by atoms with E-state index in [9.17, 15) is 9.59 Å². The predicted octanol–water partition coefficient (Wildman–Crippen LogP) is 4.69. The molecule has 0 saturated heterocycles. The standard InChI is InChI=1S/C19H14BrCl2N3O4S2/c1-28-10-3-4-11-14(7-10)31-17(16(11)22)18(27)23-19(30)25-24-15(26)8-29-13-5-2-9(20)6-12(13)21/h2-7H,8H2,1H3,(H,24,26)(H2,23,25,27,30). The number of nitrogens with one attached hydrogen (secondary N) is 3. The molecule has 3 rings (SSSR count). The summed E-state index contributed by atoms with van der Waals surface area (Å²) in [6, 6.07) is 10.3. The van der Waals surface area contributed by atoms with E-state index < -0.39 is 11.8 Å². The summed E-state index contributed by atoms with van der Waals surface area (Å²) in [5, 5.41) is 3.76. The molecule has 12 heteroatoms. The highest BCUT2D eigenvalue weighted by atomic mass is 79.9. The van der Waals surface area contributed by atoms with E-state index in [2.05, 4.69) is 32.1 Å². The van der Waals surface area contributed by atoms with Crippen LogP contribution in [0.15, 0.2) is 40.9 Å². The number of rotatable bonds is 5. The van der Waals surface area contributed by atoms with Gasteiger partial charge in [-0.25, -0.2) is 0 Å². The molecule has 7 nitrogen and oxygen atoms in total. The van der Waals surface area contributed by atoms with Crippen LogP contribution < -0.4 is 25.6 Å². The molecule has 1 aromatic heterocycles. The van der Waals surface area contributed by atoms with Gasteiger partial charge in [0.2, 0.25) is 0 Å². The molecular formula is C19H14BrCl2N3O4S2. The largest absolute Gasteiger partial charge is 0.497 e. The van der Waals surface area contributed by atoms with E-state index in [1.165, 1.54) is 11.3 Å². The summed E-state index contributed by atoms with van der Waals surface area (Å²) in [4.78, 5) is 24.7. The SMILES string of the molecule is COc1ccc2c(Cl)c(C(=O)NC(=S)NNC(=O)COc3ccc(Br)cc3Cl)sc2c1. The Balaban J connectivity index is 1.52. The van der Waals surface area contributed by atoms with Gasteiger partial charge < -0.3 is 9.47 Å². The molecule has 2 aromatic carbocycles. The highest BCUT2D eigenvalue weighted by molar-refractivity contribution is 9.10. The van der Waals surface area contributed by atoms with Crippen LogP contribution in [0.5, 0.6) is 11.5 Å². The lowest BCUT2D eigenvalue weighted by Gasteiger charge is -2.11. The Morgan fingerprint density at radius 2 is 1.94 bits per heavy atom. The number of ether oxygens (including phenoxy) is 2. The first-order valence-corrected chi connectivity index (χ1v) is 11.3. The highest BCUT2D eigenvalue weighted by Gasteiger charge is 2.18. The van der Waals surface area contributed by atoms with Gasteiger partial charge in [0.05, 0.1) is 17.2 Å². The van der Waals surface area contributed by atoms with E-state index in [1.807, 2.05) is 0 Å². The summed E-state index contributed by atoms with van der Waals surface area (Å²) >= 11 is 21.9. The Hall–Kier alpha value is -2.11. The third kappa shape index (κ3) is 5.98. The van der Waals surface area contributed by atoms with E-state index in [0.717, 1.165) is 14.6 Å². The summed E-state index contributed by atoms with van der Waals surface area (Å²) in [6.07, 6.45) is 0. The van der Waals surface area contributed by atoms with Gasteiger partial charge in [-0.1, -0.05) is 39.1 Å². The highest BCUT2D eigenvalue weighted by Crippen LogP contribution is 2.37. The van der Waals surface area contributed by atoms with E-state index in [4.69, 9.17) is 44.9 Å². The van der Waals surface area contributed by atoms with E-state index in [1.54, 1.807) is 43.5 Å². The number of benzene rings is 2. The fourth-order valence-electron chi connectivity index (χ4n) is 2.41. The number of hydrogen-bond acceptors (Lipinski definition) is 6. The number of halogens is 3. The second kappa shape index (κ2) is 10.5. The van der Waals surface area contributed by atoms with Crippen LogP contribution in [-0.4, -0.2) is 30.6 Å². The van der Waals surface area contributed by atoms with Gasteiger partial charge in [-0.3, -0.25) is 25.8 Å². The molecule has 0 aliphatic heterocycles. The van der Waals surface area contributed by atoms with Crippen LogP contribution in [0.4, 0.5) is 0 Å². The van der Waals surface area contributed by atoms with Crippen LogP contribution in [0.3, 0.4) is 0 Å². The second-order valence-corrected chi connectivity index (χ2v) is 9.09. The Bertz CT molecular complexity index is 1170. The number of carbonyl (C=O) groups is 2. The Morgan fingerprint density at radius 3 is 2.65 bits per heavy atom. The fourth-order valence-corrected chi connectivity index (χ4v) is 4.72. The van der Waals surface area contributed by atoms with Crippen LogP contribution in [0.25, 0.3) is 10.1 Å². The van der Waals surface area contributed by atoms with Crippen LogP contribution in [-0.2, 0) is 4.79 Å². The van der Waals surface area contributed by atoms with Crippen molar-refractivity contribution in [3.8, 4) is 11.5 Å². The minimum Gasteiger partial charge on any atom is -0.497 e. The molecule has 1 heterocycles. The molecule has 3 N–H and O–H groups in total. The van der Waals surface area contributed by atoms with Gasteiger partial charge in [0.1, 0.15) is 16.4 Å². The van der Waals surface area contributed by atoms with Crippen molar-refractivity contribution in [2.75, 3.05) is 13.7 Å². The molecule has 3 aromatic rings. The lowest BCUT2D eigenvalue weighted by atomic mass is 10.2. The topological polar surface area (TPSA) is 88.7 Å². The number of hydrazine groups is 1. The molecule has 0 bridgehead atoms. The molecule has 0 aliphatic carbocycles. The average molecular weight is 563 g/mol. The van der Waals surface area contributed by atoms with E-state index in [0.29, 0.717) is 21.5 Å². The number of thiocarbonyl (C=S) groups is 1. The minimum atomic E-state index is -0.525. The molecular weight excluding hydrogens is 549 g/mol. The molecule has 0 aliphatic rings. The molecule has 0 unspecified atom stereocenters. The van der Waals surface area contributed by atoms with Crippen molar-refractivity contribution >= 4 is 89.7 Å². The van der Waals surface area contributed by atoms with Gasteiger partial charge >= 0.3 is 0 Å². The molecule has 0 spiro atoms. The van der Waals surface area contributed by atoms with Gasteiger partial charge in [0.15, 0.2) is 11.7 Å². The first-order valence-electron chi connectivity index (χ1n) is 8.52. The summed E-state index contributed by atoms with van der Waals surface area (Å²) in [5.74, 6) is -0.0202. The van der Waals surface area contributed by atoms with Gasteiger partial charge in [-0.2, -0.15) is 0 Å². The monoisotopic (exact) mass is 561 g/mol. The molecule has 2 amide bonds. The van der Waals surface area contributed by atoms with Crippen LogP contribution >= 0.6 is 62.7 Å². The van der Waals surface area contributed by atoms with Gasteiger partial charge in [0.25, 0.3) is 11.8 Å². The fraction of sp³-hybridized carbons (Fsp3) is 0.105. The minimum absolute atomic E-state index is 0.105. The van der Waals surface area contributed by atoms with Gasteiger partial charge in [0, 0.05) is 14.6 Å². The smallest absolute Gasteiger partial charge is 0.276 e. The van der Waals surface area contributed by atoms with Crippen molar-refractivity contribution in [2.24, 2.45) is 0 Å². The van der Waals surface area contributed by atoms with Gasteiger partial charge in [-0.15, -0.1) is 11.3 Å². The lowest BCUT2D eigenvalue weighted by Crippen LogP contribution is -2.49. The van der Waals surface area contributed by atoms with Crippen molar-refractivity contribution in [1.29, 1.82) is 0 Å². The van der Waals surface area contributed by atoms with Crippen molar-refractivity contribution in [2.45, 2.75) is 0 Å². The number of hydrogen-bond donors (Lipinski definition) is 3. The predicted molar refractivity (Wildman–Crippen MR) is 129 cm³/mol. The zero-order valence-corrected chi connectivity index (χ0v) is 20.5. The van der Waals surface area contributed by atoms with Crippen molar-refractivity contribution in [1.82, 2.24) is 16.2 Å². The summed E-state index contributed by atoms with van der Waals surface area (Å²) in [6.45, 7) is -0.311. The average Bonchev–Trinajstić information content (AvgIpc) is 3.07. The maximum atomic E-state index is 12.5. The van der Waals surface area contributed by atoms with Crippen molar-refractivity contribution < 1.29 is 19.1 Å². The normalized spacial score (nSPS) is 10.5. The third-order valence-corrected chi connectivity index (χ3v) is 6.49. The maximum absolute atomic E-state index is 12.5. The van der Waals surface area contributed by atoms with Crippen LogP contribution in [0.2, 0.25) is 10.0 Å². The Kier molecular flexibility index (Phi) is 7.95. The Labute approximate surface area is 205 Å². The maximum Gasteiger partial charge on any atom is 0.276 e. The number of fused-ring (bicyclic) bond motifs is 1. The summed E-state index contributed by atoms with van der Waals surface area (Å²) < 4.78 is 12.1. The first-order chi connectivity index (χ1) is 14.8.